The molecule has 0 spiro atoms. The minimum Gasteiger partial charge on any atom is -0.366 e. The van der Waals surface area contributed by atoms with Crippen LogP contribution in [0.1, 0.15) is 27.2 Å². The van der Waals surface area contributed by atoms with E-state index >= 15 is 0 Å². The van der Waals surface area contributed by atoms with E-state index in [0.717, 1.165) is 24.0 Å². The topological polar surface area (TPSA) is 16.1 Å². The summed E-state index contributed by atoms with van der Waals surface area (Å²) in [4.78, 5) is 6.49. The van der Waals surface area contributed by atoms with Gasteiger partial charge in [-0.3, -0.25) is 4.98 Å². The highest BCUT2D eigenvalue weighted by molar-refractivity contribution is 9.10. The SMILES string of the molecule is CC(C)(C)C1=CCN(c2ccncc2Br)CC1. The van der Waals surface area contributed by atoms with E-state index in [-0.39, 0.29) is 0 Å². The number of halogens is 1. The minimum absolute atomic E-state index is 0.307. The third-order valence-corrected chi connectivity index (χ3v) is 3.88. The van der Waals surface area contributed by atoms with Crippen molar-refractivity contribution < 1.29 is 0 Å². The van der Waals surface area contributed by atoms with E-state index < -0.39 is 0 Å². The molecule has 0 unspecified atom stereocenters. The molecule has 3 heteroatoms. The lowest BCUT2D eigenvalue weighted by Gasteiger charge is -2.33. The molecule has 1 aliphatic heterocycles. The summed E-state index contributed by atoms with van der Waals surface area (Å²) in [7, 11) is 0. The zero-order valence-corrected chi connectivity index (χ0v) is 12.3. The van der Waals surface area contributed by atoms with Crippen LogP contribution in [0.4, 0.5) is 5.69 Å². The second-order valence-corrected chi connectivity index (χ2v) is 6.36. The number of hydrogen-bond donors (Lipinski definition) is 0. The van der Waals surface area contributed by atoms with Crippen LogP contribution in [0, 0.1) is 5.41 Å². The van der Waals surface area contributed by atoms with Gasteiger partial charge in [-0.15, -0.1) is 0 Å². The molecule has 0 aromatic carbocycles. The second-order valence-electron chi connectivity index (χ2n) is 5.50. The molecular weight excluding hydrogens is 276 g/mol. The van der Waals surface area contributed by atoms with E-state index in [2.05, 4.69) is 58.7 Å². The van der Waals surface area contributed by atoms with Crippen molar-refractivity contribution in [2.24, 2.45) is 5.41 Å². The Balaban J connectivity index is 2.15. The van der Waals surface area contributed by atoms with E-state index in [9.17, 15) is 0 Å². The number of nitrogens with zero attached hydrogens (tertiary/aromatic N) is 2. The van der Waals surface area contributed by atoms with Crippen LogP contribution in [0.3, 0.4) is 0 Å². The highest BCUT2D eigenvalue weighted by atomic mass is 79.9. The molecule has 0 radical (unpaired) electrons. The van der Waals surface area contributed by atoms with Crippen LogP contribution < -0.4 is 4.90 Å². The van der Waals surface area contributed by atoms with Crippen LogP contribution in [0.2, 0.25) is 0 Å². The third kappa shape index (κ3) is 2.89. The average molecular weight is 295 g/mol. The fourth-order valence-corrected chi connectivity index (χ4v) is 2.69. The molecule has 2 heterocycles. The molecule has 92 valence electrons. The van der Waals surface area contributed by atoms with E-state index in [0.29, 0.717) is 5.41 Å². The van der Waals surface area contributed by atoms with Crippen LogP contribution in [0.25, 0.3) is 0 Å². The Hall–Kier alpha value is -0.830. The third-order valence-electron chi connectivity index (χ3n) is 3.26. The molecular formula is C14H19BrN2. The summed E-state index contributed by atoms with van der Waals surface area (Å²) in [5.41, 5.74) is 3.12. The minimum atomic E-state index is 0.307. The Morgan fingerprint density at radius 1 is 1.35 bits per heavy atom. The highest BCUT2D eigenvalue weighted by Gasteiger charge is 2.21. The van der Waals surface area contributed by atoms with Crippen LogP contribution in [0.15, 0.2) is 34.6 Å². The summed E-state index contributed by atoms with van der Waals surface area (Å²) in [6.07, 6.45) is 7.23. The summed E-state index contributed by atoms with van der Waals surface area (Å²) in [5, 5.41) is 0. The summed E-state index contributed by atoms with van der Waals surface area (Å²) < 4.78 is 1.08. The normalized spacial score (nSPS) is 16.9. The standard InChI is InChI=1S/C14H19BrN2/c1-14(2,3)11-5-8-17(9-6-11)13-4-7-16-10-12(13)15/h4-5,7,10H,6,8-9H2,1-3H3. The number of aromatic nitrogens is 1. The van der Waals surface area contributed by atoms with Crippen LogP contribution in [0.5, 0.6) is 0 Å². The first-order valence-corrected chi connectivity index (χ1v) is 6.82. The van der Waals surface area contributed by atoms with Gasteiger partial charge in [-0.25, -0.2) is 0 Å². The number of hydrogen-bond acceptors (Lipinski definition) is 2. The van der Waals surface area contributed by atoms with Gasteiger partial charge < -0.3 is 4.90 Å². The van der Waals surface area contributed by atoms with Crippen molar-refractivity contribution in [1.29, 1.82) is 0 Å². The lowest BCUT2D eigenvalue weighted by atomic mass is 9.83. The van der Waals surface area contributed by atoms with Gasteiger partial charge in [-0.2, -0.15) is 0 Å². The molecule has 0 saturated heterocycles. The Labute approximate surface area is 112 Å². The van der Waals surface area contributed by atoms with Crippen molar-refractivity contribution in [1.82, 2.24) is 4.98 Å². The smallest absolute Gasteiger partial charge is 0.0592 e. The summed E-state index contributed by atoms with van der Waals surface area (Å²) in [6, 6.07) is 2.07. The maximum absolute atomic E-state index is 4.11. The van der Waals surface area contributed by atoms with Gasteiger partial charge in [0, 0.05) is 25.5 Å². The largest absolute Gasteiger partial charge is 0.366 e. The van der Waals surface area contributed by atoms with Gasteiger partial charge in [0.15, 0.2) is 0 Å². The van der Waals surface area contributed by atoms with Crippen molar-refractivity contribution in [2.75, 3.05) is 18.0 Å². The fourth-order valence-electron chi connectivity index (χ4n) is 2.19. The van der Waals surface area contributed by atoms with E-state index in [4.69, 9.17) is 0 Å². The predicted octanol–water partition coefficient (Wildman–Crippen LogP) is 4.03. The van der Waals surface area contributed by atoms with E-state index in [1.165, 1.54) is 5.69 Å². The van der Waals surface area contributed by atoms with Crippen molar-refractivity contribution in [3.8, 4) is 0 Å². The quantitative estimate of drug-likeness (QED) is 0.727. The highest BCUT2D eigenvalue weighted by Crippen LogP contribution is 2.33. The molecule has 0 saturated carbocycles. The van der Waals surface area contributed by atoms with Crippen LogP contribution >= 0.6 is 15.9 Å². The molecule has 1 aromatic heterocycles. The Morgan fingerprint density at radius 3 is 2.65 bits per heavy atom. The van der Waals surface area contributed by atoms with Gasteiger partial charge in [-0.1, -0.05) is 32.4 Å². The Bertz CT molecular complexity index is 432. The molecule has 0 N–H and O–H groups in total. The number of pyridine rings is 1. The maximum atomic E-state index is 4.11. The molecule has 0 amide bonds. The van der Waals surface area contributed by atoms with Crippen LogP contribution in [-0.2, 0) is 0 Å². The zero-order chi connectivity index (χ0) is 12.5. The van der Waals surface area contributed by atoms with Gasteiger partial charge >= 0.3 is 0 Å². The molecule has 0 bridgehead atoms. The lowest BCUT2D eigenvalue weighted by molar-refractivity contribution is 0.472. The van der Waals surface area contributed by atoms with Crippen LogP contribution in [-0.4, -0.2) is 18.1 Å². The lowest BCUT2D eigenvalue weighted by Crippen LogP contribution is -2.31. The first-order valence-electron chi connectivity index (χ1n) is 6.02. The van der Waals surface area contributed by atoms with E-state index in [1.54, 1.807) is 5.57 Å². The van der Waals surface area contributed by atoms with Gasteiger partial charge in [-0.05, 0) is 33.8 Å². The number of anilines is 1. The average Bonchev–Trinajstić information content (AvgIpc) is 2.29. The zero-order valence-electron chi connectivity index (χ0n) is 10.7. The fraction of sp³-hybridized carbons (Fsp3) is 0.500. The molecule has 0 atom stereocenters. The van der Waals surface area contributed by atoms with Crippen molar-refractivity contribution in [3.63, 3.8) is 0 Å². The molecule has 17 heavy (non-hydrogen) atoms. The second kappa shape index (κ2) is 4.81. The molecule has 0 fully saturated rings. The van der Waals surface area contributed by atoms with Gasteiger partial charge in [0.25, 0.3) is 0 Å². The van der Waals surface area contributed by atoms with Gasteiger partial charge in [0.05, 0.1) is 10.2 Å². The monoisotopic (exact) mass is 294 g/mol. The summed E-state index contributed by atoms with van der Waals surface area (Å²) in [6.45, 7) is 8.95. The first kappa shape index (κ1) is 12.6. The van der Waals surface area contributed by atoms with Crippen molar-refractivity contribution in [3.05, 3.63) is 34.6 Å². The first-order chi connectivity index (χ1) is 7.98. The van der Waals surface area contributed by atoms with Gasteiger partial charge in [0.2, 0.25) is 0 Å². The predicted molar refractivity (Wildman–Crippen MR) is 76.3 cm³/mol. The molecule has 1 aliphatic rings. The number of rotatable bonds is 1. The molecule has 2 rings (SSSR count). The molecule has 2 nitrogen and oxygen atoms in total. The molecule has 0 aliphatic carbocycles. The Morgan fingerprint density at radius 2 is 2.12 bits per heavy atom. The van der Waals surface area contributed by atoms with Crippen molar-refractivity contribution >= 4 is 21.6 Å². The maximum Gasteiger partial charge on any atom is 0.0592 e. The Kier molecular flexibility index (Phi) is 3.57. The molecule has 1 aromatic rings. The summed E-state index contributed by atoms with van der Waals surface area (Å²) in [5.74, 6) is 0. The van der Waals surface area contributed by atoms with Gasteiger partial charge in [0.1, 0.15) is 0 Å². The van der Waals surface area contributed by atoms with E-state index in [1.807, 2.05) is 12.4 Å². The van der Waals surface area contributed by atoms with Crippen molar-refractivity contribution in [2.45, 2.75) is 27.2 Å². The summed E-state index contributed by atoms with van der Waals surface area (Å²) >= 11 is 3.56.